The summed E-state index contributed by atoms with van der Waals surface area (Å²) in [6.45, 7) is 2.22. The zero-order valence-electron chi connectivity index (χ0n) is 15.4. The molecule has 1 aliphatic heterocycles. The standard InChI is InChI=1S/C20H24ClN3O3/c1-27-14-10-22-18(25)8-9-19(26)24-13-12-23-11-4-7-17(23)20(24)15-5-2-3-6-16(15)21/h2-7,11,20H,8-10,12-14H2,1H3,(H,22,25)/t20-/m1/s1. The summed E-state index contributed by atoms with van der Waals surface area (Å²) in [5.41, 5.74) is 1.93. The molecule has 7 heteroatoms. The van der Waals surface area contributed by atoms with Crippen molar-refractivity contribution >= 4 is 23.4 Å². The van der Waals surface area contributed by atoms with Gasteiger partial charge in [0.05, 0.1) is 12.6 Å². The lowest BCUT2D eigenvalue weighted by molar-refractivity contribution is -0.136. The van der Waals surface area contributed by atoms with E-state index in [0.29, 0.717) is 24.7 Å². The van der Waals surface area contributed by atoms with Crippen molar-refractivity contribution in [2.75, 3.05) is 26.8 Å². The quantitative estimate of drug-likeness (QED) is 0.740. The van der Waals surface area contributed by atoms with Gasteiger partial charge in [-0.15, -0.1) is 0 Å². The van der Waals surface area contributed by atoms with Crippen molar-refractivity contribution in [3.05, 3.63) is 58.9 Å². The Morgan fingerprint density at radius 1 is 1.19 bits per heavy atom. The van der Waals surface area contributed by atoms with Crippen LogP contribution in [-0.4, -0.2) is 48.1 Å². The van der Waals surface area contributed by atoms with E-state index >= 15 is 0 Å². The highest BCUT2D eigenvalue weighted by Gasteiger charge is 2.33. The lowest BCUT2D eigenvalue weighted by Gasteiger charge is -2.37. The second kappa shape index (κ2) is 9.06. The summed E-state index contributed by atoms with van der Waals surface area (Å²) in [7, 11) is 1.58. The zero-order chi connectivity index (χ0) is 19.2. The fourth-order valence-corrected chi connectivity index (χ4v) is 3.66. The van der Waals surface area contributed by atoms with Crippen molar-refractivity contribution in [3.63, 3.8) is 0 Å². The molecule has 0 spiro atoms. The van der Waals surface area contributed by atoms with Crippen molar-refractivity contribution in [3.8, 4) is 0 Å². The van der Waals surface area contributed by atoms with Crippen LogP contribution in [0.3, 0.4) is 0 Å². The Kier molecular flexibility index (Phi) is 6.53. The van der Waals surface area contributed by atoms with Gasteiger partial charge in [0.15, 0.2) is 0 Å². The normalized spacial score (nSPS) is 16.1. The maximum Gasteiger partial charge on any atom is 0.223 e. The summed E-state index contributed by atoms with van der Waals surface area (Å²) >= 11 is 6.44. The molecule has 0 unspecified atom stereocenters. The molecule has 2 heterocycles. The van der Waals surface area contributed by atoms with Gasteiger partial charge in [-0.2, -0.15) is 0 Å². The van der Waals surface area contributed by atoms with E-state index in [4.69, 9.17) is 16.3 Å². The fraction of sp³-hybridized carbons (Fsp3) is 0.400. The first-order valence-corrected chi connectivity index (χ1v) is 9.44. The van der Waals surface area contributed by atoms with Crippen LogP contribution < -0.4 is 5.32 Å². The van der Waals surface area contributed by atoms with Gasteiger partial charge in [0.1, 0.15) is 0 Å². The monoisotopic (exact) mass is 389 g/mol. The molecule has 6 nitrogen and oxygen atoms in total. The van der Waals surface area contributed by atoms with Gasteiger partial charge in [0.25, 0.3) is 0 Å². The second-order valence-electron chi connectivity index (χ2n) is 6.48. The van der Waals surface area contributed by atoms with E-state index in [1.54, 1.807) is 7.11 Å². The van der Waals surface area contributed by atoms with Crippen molar-refractivity contribution in [2.45, 2.75) is 25.4 Å². The Bertz CT molecular complexity index is 805. The fourth-order valence-electron chi connectivity index (χ4n) is 3.42. The average Bonchev–Trinajstić information content (AvgIpc) is 3.15. The summed E-state index contributed by atoms with van der Waals surface area (Å²) < 4.78 is 7.06. The molecule has 1 N–H and O–H groups in total. The number of aromatic nitrogens is 1. The minimum atomic E-state index is -0.244. The van der Waals surface area contributed by atoms with Crippen molar-refractivity contribution in [1.82, 2.24) is 14.8 Å². The largest absolute Gasteiger partial charge is 0.383 e. The number of benzene rings is 1. The Labute approximate surface area is 164 Å². The second-order valence-corrected chi connectivity index (χ2v) is 6.89. The average molecular weight is 390 g/mol. The molecule has 0 fully saturated rings. The van der Waals surface area contributed by atoms with Gasteiger partial charge in [-0.05, 0) is 23.8 Å². The molecular formula is C20H24ClN3O3. The maximum atomic E-state index is 12.9. The van der Waals surface area contributed by atoms with Crippen LogP contribution in [0.4, 0.5) is 0 Å². The highest BCUT2D eigenvalue weighted by Crippen LogP contribution is 2.36. The van der Waals surface area contributed by atoms with Gasteiger partial charge < -0.3 is 19.5 Å². The number of fused-ring (bicyclic) bond motifs is 1. The Morgan fingerprint density at radius 3 is 2.78 bits per heavy atom. The van der Waals surface area contributed by atoms with Gasteiger partial charge in [0, 0.05) is 56.5 Å². The molecule has 1 aromatic heterocycles. The molecule has 0 saturated heterocycles. The van der Waals surface area contributed by atoms with Crippen molar-refractivity contribution < 1.29 is 14.3 Å². The number of halogens is 1. The molecule has 1 aliphatic rings. The topological polar surface area (TPSA) is 63.6 Å². The van der Waals surface area contributed by atoms with Crippen LogP contribution in [-0.2, 0) is 20.9 Å². The molecule has 3 rings (SSSR count). The van der Waals surface area contributed by atoms with Crippen LogP contribution in [0.25, 0.3) is 0 Å². The first-order valence-electron chi connectivity index (χ1n) is 9.06. The third kappa shape index (κ3) is 4.51. The van der Waals surface area contributed by atoms with E-state index in [9.17, 15) is 9.59 Å². The summed E-state index contributed by atoms with van der Waals surface area (Å²) in [6, 6.07) is 11.4. The molecule has 1 aromatic carbocycles. The summed E-state index contributed by atoms with van der Waals surface area (Å²) in [5.74, 6) is -0.190. The molecule has 27 heavy (non-hydrogen) atoms. The lowest BCUT2D eigenvalue weighted by atomic mass is 9.99. The zero-order valence-corrected chi connectivity index (χ0v) is 16.1. The van der Waals surface area contributed by atoms with Crippen molar-refractivity contribution in [2.24, 2.45) is 0 Å². The van der Waals surface area contributed by atoms with E-state index < -0.39 is 0 Å². The minimum absolute atomic E-state index is 0.0470. The highest BCUT2D eigenvalue weighted by molar-refractivity contribution is 6.31. The molecule has 0 saturated carbocycles. The van der Waals surface area contributed by atoms with E-state index in [2.05, 4.69) is 9.88 Å². The SMILES string of the molecule is COCCNC(=O)CCC(=O)N1CCn2cccc2[C@H]1c1ccccc1Cl. The number of nitrogens with zero attached hydrogens (tertiary/aromatic N) is 2. The number of ether oxygens (including phenoxy) is 1. The number of carbonyl (C=O) groups excluding carboxylic acids is 2. The molecule has 2 amide bonds. The number of rotatable bonds is 7. The number of methoxy groups -OCH3 is 1. The van der Waals surface area contributed by atoms with E-state index in [0.717, 1.165) is 17.8 Å². The smallest absolute Gasteiger partial charge is 0.223 e. The third-order valence-corrected chi connectivity index (χ3v) is 5.10. The Balaban J connectivity index is 1.74. The number of nitrogens with one attached hydrogen (secondary N) is 1. The van der Waals surface area contributed by atoms with E-state index in [1.165, 1.54) is 0 Å². The molecule has 0 bridgehead atoms. The molecule has 1 atom stereocenters. The number of amides is 2. The summed E-state index contributed by atoms with van der Waals surface area (Å²) in [4.78, 5) is 26.7. The highest BCUT2D eigenvalue weighted by atomic mass is 35.5. The van der Waals surface area contributed by atoms with Gasteiger partial charge >= 0.3 is 0 Å². The summed E-state index contributed by atoms with van der Waals surface area (Å²) in [5, 5.41) is 3.38. The van der Waals surface area contributed by atoms with Crippen molar-refractivity contribution in [1.29, 1.82) is 0 Å². The van der Waals surface area contributed by atoms with Gasteiger partial charge in [0.2, 0.25) is 11.8 Å². The Hall–Kier alpha value is -2.31. The van der Waals surface area contributed by atoms with Gasteiger partial charge in [-0.25, -0.2) is 0 Å². The van der Waals surface area contributed by atoms with Crippen LogP contribution in [0.5, 0.6) is 0 Å². The third-order valence-electron chi connectivity index (χ3n) is 4.75. The predicted octanol–water partition coefficient (Wildman–Crippen LogP) is 2.62. The molecule has 2 aromatic rings. The van der Waals surface area contributed by atoms with Crippen LogP contribution in [0, 0.1) is 0 Å². The molecule has 0 aliphatic carbocycles. The van der Waals surface area contributed by atoms with E-state index in [-0.39, 0.29) is 30.7 Å². The maximum absolute atomic E-state index is 12.9. The molecule has 0 radical (unpaired) electrons. The number of carbonyl (C=O) groups is 2. The Morgan fingerprint density at radius 2 is 2.00 bits per heavy atom. The molecular weight excluding hydrogens is 366 g/mol. The first-order chi connectivity index (χ1) is 13.1. The number of hydrogen-bond acceptors (Lipinski definition) is 3. The summed E-state index contributed by atoms with van der Waals surface area (Å²) in [6.07, 6.45) is 2.35. The van der Waals surface area contributed by atoms with Gasteiger partial charge in [-0.1, -0.05) is 29.8 Å². The number of hydrogen-bond donors (Lipinski definition) is 1. The predicted molar refractivity (Wildman–Crippen MR) is 104 cm³/mol. The molecule has 144 valence electrons. The first kappa shape index (κ1) is 19.5. The minimum Gasteiger partial charge on any atom is -0.383 e. The van der Waals surface area contributed by atoms with Crippen LogP contribution >= 0.6 is 11.6 Å². The van der Waals surface area contributed by atoms with E-state index in [1.807, 2.05) is 47.5 Å². The van der Waals surface area contributed by atoms with Crippen LogP contribution in [0.1, 0.15) is 30.1 Å². The lowest BCUT2D eigenvalue weighted by Crippen LogP contribution is -2.42. The van der Waals surface area contributed by atoms with Crippen LogP contribution in [0.15, 0.2) is 42.6 Å². The van der Waals surface area contributed by atoms with Gasteiger partial charge in [-0.3, -0.25) is 9.59 Å². The van der Waals surface area contributed by atoms with Crippen LogP contribution in [0.2, 0.25) is 5.02 Å².